The Bertz CT molecular complexity index is 665. The van der Waals surface area contributed by atoms with Crippen molar-refractivity contribution in [2.24, 2.45) is 7.05 Å². The molecule has 0 saturated carbocycles. The second-order valence-corrected chi connectivity index (χ2v) is 6.47. The number of halogens is 3. The highest BCUT2D eigenvalue weighted by atomic mass is 32.2. The van der Waals surface area contributed by atoms with E-state index < -0.39 is 44.4 Å². The minimum absolute atomic E-state index is 0.0249. The van der Waals surface area contributed by atoms with Gasteiger partial charge in [0.25, 0.3) is 5.92 Å². The van der Waals surface area contributed by atoms with Crippen LogP contribution < -0.4 is 4.72 Å². The minimum atomic E-state index is -4.56. The highest BCUT2D eigenvalue weighted by molar-refractivity contribution is 7.89. The van der Waals surface area contributed by atoms with Crippen molar-refractivity contribution in [2.45, 2.75) is 37.6 Å². The van der Waals surface area contributed by atoms with E-state index >= 15 is 0 Å². The van der Waals surface area contributed by atoms with Gasteiger partial charge in [0.2, 0.25) is 10.0 Å². The molecule has 126 valence electrons. The lowest BCUT2D eigenvalue weighted by atomic mass is 10.2. The molecule has 0 spiro atoms. The molecule has 0 aliphatic carbocycles. The summed E-state index contributed by atoms with van der Waals surface area (Å²) in [6, 6.07) is -1.75. The van der Waals surface area contributed by atoms with Crippen LogP contribution in [0.5, 0.6) is 0 Å². The summed E-state index contributed by atoms with van der Waals surface area (Å²) in [6.07, 6.45) is 0.824. The maximum absolute atomic E-state index is 14.2. The number of hydrogen-bond acceptors (Lipinski definition) is 4. The summed E-state index contributed by atoms with van der Waals surface area (Å²) >= 11 is 0. The molecule has 1 atom stereocenters. The zero-order chi connectivity index (χ0) is 17.3. The summed E-state index contributed by atoms with van der Waals surface area (Å²) in [5, 5.41) is 0. The van der Waals surface area contributed by atoms with Crippen LogP contribution in [-0.2, 0) is 21.8 Å². The van der Waals surface area contributed by atoms with Crippen LogP contribution in [-0.4, -0.2) is 37.5 Å². The number of rotatable bonds is 6. The van der Waals surface area contributed by atoms with Crippen LogP contribution in [0.15, 0.2) is 11.1 Å². The fraction of sp³-hybridized carbons (Fsp3) is 0.583. The predicted molar refractivity (Wildman–Crippen MR) is 71.7 cm³/mol. The molecule has 0 fully saturated rings. The van der Waals surface area contributed by atoms with Gasteiger partial charge in [-0.15, -0.1) is 0 Å². The molecule has 0 saturated heterocycles. The van der Waals surface area contributed by atoms with Gasteiger partial charge in [-0.2, -0.15) is 0 Å². The van der Waals surface area contributed by atoms with E-state index in [0.29, 0.717) is 6.92 Å². The molecule has 1 heterocycles. The smallest absolute Gasteiger partial charge is 0.358 e. The zero-order valence-corrected chi connectivity index (χ0v) is 13.3. The molecule has 0 aromatic carbocycles. The molecule has 0 aliphatic heterocycles. The summed E-state index contributed by atoms with van der Waals surface area (Å²) in [5.41, 5.74) is -0.599. The fourth-order valence-corrected chi connectivity index (χ4v) is 3.02. The Balaban J connectivity index is 3.23. The van der Waals surface area contributed by atoms with Crippen LogP contribution in [0.25, 0.3) is 0 Å². The van der Waals surface area contributed by atoms with E-state index in [-0.39, 0.29) is 6.61 Å². The quantitative estimate of drug-likeness (QED) is 0.798. The molecule has 6 nitrogen and oxygen atoms in total. The van der Waals surface area contributed by atoms with E-state index in [2.05, 4.69) is 4.74 Å². The predicted octanol–water partition coefficient (Wildman–Crippen LogP) is 1.66. The normalized spacial score (nSPS) is 14.0. The Hall–Kier alpha value is -1.55. The third-order valence-electron chi connectivity index (χ3n) is 2.94. The first-order valence-electron chi connectivity index (χ1n) is 6.33. The first-order valence-corrected chi connectivity index (χ1v) is 7.82. The Labute approximate surface area is 126 Å². The number of sulfonamides is 1. The Kier molecular flexibility index (Phi) is 5.29. The second-order valence-electron chi connectivity index (χ2n) is 4.79. The molecule has 0 radical (unpaired) electrons. The molecule has 22 heavy (non-hydrogen) atoms. The van der Waals surface area contributed by atoms with E-state index in [1.54, 1.807) is 4.72 Å². The SMILES string of the molecule is CCOC(=O)c1c(F)c(S(=O)(=O)NC(C)C(C)(F)F)cn1C. The number of alkyl halides is 2. The van der Waals surface area contributed by atoms with Gasteiger partial charge in [0.1, 0.15) is 4.90 Å². The Morgan fingerprint density at radius 3 is 2.50 bits per heavy atom. The topological polar surface area (TPSA) is 77.4 Å². The van der Waals surface area contributed by atoms with E-state index in [4.69, 9.17) is 0 Å². The molecule has 10 heteroatoms. The lowest BCUT2D eigenvalue weighted by Crippen LogP contribution is -2.43. The average molecular weight is 342 g/mol. The van der Waals surface area contributed by atoms with Gasteiger partial charge in [-0.25, -0.2) is 31.1 Å². The van der Waals surface area contributed by atoms with Crippen molar-refractivity contribution in [1.29, 1.82) is 0 Å². The summed E-state index contributed by atoms with van der Waals surface area (Å²) in [4.78, 5) is 10.7. The lowest BCUT2D eigenvalue weighted by Gasteiger charge is -2.20. The number of aromatic nitrogens is 1. The molecule has 0 aliphatic rings. The van der Waals surface area contributed by atoms with Crippen LogP contribution in [0, 0.1) is 5.82 Å². The minimum Gasteiger partial charge on any atom is -0.461 e. The summed E-state index contributed by atoms with van der Waals surface area (Å²) in [7, 11) is -3.31. The second kappa shape index (κ2) is 6.29. The average Bonchev–Trinajstić information content (AvgIpc) is 2.64. The van der Waals surface area contributed by atoms with Gasteiger partial charge in [-0.3, -0.25) is 0 Å². The molecule has 1 aromatic heterocycles. The maximum Gasteiger partial charge on any atom is 0.358 e. The van der Waals surface area contributed by atoms with Crippen molar-refractivity contribution in [1.82, 2.24) is 9.29 Å². The third-order valence-corrected chi connectivity index (χ3v) is 4.47. The van der Waals surface area contributed by atoms with E-state index in [9.17, 15) is 26.4 Å². The van der Waals surface area contributed by atoms with Gasteiger partial charge in [0.05, 0.1) is 12.6 Å². The number of ether oxygens (including phenoxy) is 1. The molecular weight excluding hydrogens is 325 g/mol. The maximum atomic E-state index is 14.2. The first-order chi connectivity index (χ1) is 9.91. The summed E-state index contributed by atoms with van der Waals surface area (Å²) in [6.45, 7) is 2.96. The molecule has 1 unspecified atom stereocenters. The highest BCUT2D eigenvalue weighted by Gasteiger charge is 2.36. The van der Waals surface area contributed by atoms with Crippen molar-refractivity contribution in [3.63, 3.8) is 0 Å². The van der Waals surface area contributed by atoms with Crippen LogP contribution in [0.2, 0.25) is 0 Å². The molecule has 0 bridgehead atoms. The van der Waals surface area contributed by atoms with Crippen molar-refractivity contribution in [3.05, 3.63) is 17.7 Å². The van der Waals surface area contributed by atoms with E-state index in [1.807, 2.05) is 0 Å². The first kappa shape index (κ1) is 18.5. The summed E-state index contributed by atoms with van der Waals surface area (Å²) in [5.74, 6) is -5.72. The van der Waals surface area contributed by atoms with Gasteiger partial charge in [-0.1, -0.05) is 0 Å². The molecule has 1 aromatic rings. The number of hydrogen-bond donors (Lipinski definition) is 1. The zero-order valence-electron chi connectivity index (χ0n) is 12.5. The van der Waals surface area contributed by atoms with Gasteiger partial charge >= 0.3 is 5.97 Å². The number of carbonyl (C=O) groups excluding carboxylic acids is 1. The van der Waals surface area contributed by atoms with E-state index in [1.165, 1.54) is 14.0 Å². The Morgan fingerprint density at radius 1 is 1.50 bits per heavy atom. The van der Waals surface area contributed by atoms with E-state index in [0.717, 1.165) is 17.7 Å². The molecule has 1 N–H and O–H groups in total. The van der Waals surface area contributed by atoms with Crippen molar-refractivity contribution >= 4 is 16.0 Å². The number of carbonyl (C=O) groups is 1. The van der Waals surface area contributed by atoms with Gasteiger partial charge in [0.15, 0.2) is 11.5 Å². The molecular formula is C12H17F3N2O4S. The van der Waals surface area contributed by atoms with Gasteiger partial charge < -0.3 is 9.30 Å². The van der Waals surface area contributed by atoms with Crippen molar-refractivity contribution < 1.29 is 31.1 Å². The van der Waals surface area contributed by atoms with Crippen LogP contribution in [0.1, 0.15) is 31.3 Å². The van der Waals surface area contributed by atoms with Crippen LogP contribution >= 0.6 is 0 Å². The number of nitrogens with zero attached hydrogens (tertiary/aromatic N) is 1. The Morgan fingerprint density at radius 2 is 2.05 bits per heavy atom. The van der Waals surface area contributed by atoms with Crippen molar-refractivity contribution in [2.75, 3.05) is 6.61 Å². The largest absolute Gasteiger partial charge is 0.461 e. The summed E-state index contributed by atoms with van der Waals surface area (Å²) < 4.78 is 71.6. The number of esters is 1. The number of aryl methyl sites for hydroxylation is 1. The molecule has 0 amide bonds. The monoisotopic (exact) mass is 342 g/mol. The third kappa shape index (κ3) is 3.80. The standard InChI is InChI=1S/C12H17F3N2O4S/c1-5-21-11(18)10-9(13)8(6-17(10)4)22(19,20)16-7(2)12(3,14)15/h6-7,16H,5H2,1-4H3. The van der Waals surface area contributed by atoms with Crippen molar-refractivity contribution in [3.8, 4) is 0 Å². The number of nitrogens with one attached hydrogen (secondary N) is 1. The molecule has 1 rings (SSSR count). The lowest BCUT2D eigenvalue weighted by molar-refractivity contribution is -0.00491. The highest BCUT2D eigenvalue weighted by Crippen LogP contribution is 2.23. The van der Waals surface area contributed by atoms with Crippen LogP contribution in [0.3, 0.4) is 0 Å². The van der Waals surface area contributed by atoms with Gasteiger partial charge in [-0.05, 0) is 13.8 Å². The van der Waals surface area contributed by atoms with Crippen LogP contribution in [0.4, 0.5) is 13.2 Å². The fourth-order valence-electron chi connectivity index (χ4n) is 1.59. The van der Waals surface area contributed by atoms with Gasteiger partial charge in [0, 0.05) is 20.2 Å².